The molecule has 0 amide bonds. The van der Waals surface area contributed by atoms with Crippen LogP contribution in [0.5, 0.6) is 0 Å². The largest absolute Gasteiger partial charge is 0.459 e. The maximum absolute atomic E-state index is 12.2. The molecular weight excluding hydrogens is 376 g/mol. The smallest absolute Gasteiger partial charge is 0.303 e. The highest BCUT2D eigenvalue weighted by atomic mass is 16.6. The lowest BCUT2D eigenvalue weighted by atomic mass is 9.57. The van der Waals surface area contributed by atoms with Crippen molar-refractivity contribution in [3.05, 3.63) is 0 Å². The Labute approximate surface area is 171 Å². The average molecular weight is 411 g/mol. The molecule has 7 nitrogen and oxygen atoms in total. The van der Waals surface area contributed by atoms with Crippen molar-refractivity contribution in [2.24, 2.45) is 28.6 Å². The van der Waals surface area contributed by atoms with E-state index in [0.29, 0.717) is 19.3 Å². The maximum Gasteiger partial charge on any atom is 0.303 e. The van der Waals surface area contributed by atoms with Crippen LogP contribution in [0.4, 0.5) is 0 Å². The van der Waals surface area contributed by atoms with Crippen LogP contribution < -0.4 is 0 Å². The third kappa shape index (κ3) is 2.14. The van der Waals surface area contributed by atoms with Gasteiger partial charge in [0.2, 0.25) is 0 Å². The number of epoxide rings is 1. The Kier molecular flexibility index (Phi) is 3.73. The van der Waals surface area contributed by atoms with Gasteiger partial charge < -0.3 is 29.9 Å². The first-order valence-corrected chi connectivity index (χ1v) is 10.9. The second kappa shape index (κ2) is 5.36. The van der Waals surface area contributed by atoms with E-state index in [9.17, 15) is 25.2 Å². The molecule has 2 bridgehead atoms. The summed E-state index contributed by atoms with van der Waals surface area (Å²) in [6.07, 6.45) is -0.461. The fourth-order valence-electron chi connectivity index (χ4n) is 8.56. The van der Waals surface area contributed by atoms with Gasteiger partial charge in [-0.25, -0.2) is 0 Å². The van der Waals surface area contributed by atoms with Gasteiger partial charge in [-0.05, 0) is 45.4 Å². The molecule has 0 radical (unpaired) electrons. The van der Waals surface area contributed by atoms with Crippen molar-refractivity contribution in [3.8, 4) is 0 Å². The lowest BCUT2D eigenvalue weighted by Crippen LogP contribution is -2.63. The number of hydrogen-bond donors (Lipinski definition) is 4. The van der Waals surface area contributed by atoms with Crippen LogP contribution in [0.2, 0.25) is 0 Å². The van der Waals surface area contributed by atoms with Gasteiger partial charge in [-0.15, -0.1) is 0 Å². The summed E-state index contributed by atoms with van der Waals surface area (Å²) in [6.45, 7) is 8.62. The molecule has 0 aromatic heterocycles. The van der Waals surface area contributed by atoms with Crippen molar-refractivity contribution in [2.45, 2.75) is 102 Å². The van der Waals surface area contributed by atoms with Gasteiger partial charge in [0.1, 0.15) is 11.7 Å². The molecule has 4 N–H and O–H groups in total. The lowest BCUT2D eigenvalue weighted by Gasteiger charge is -2.51. The number of ether oxygens (including phenoxy) is 2. The molecule has 1 saturated heterocycles. The summed E-state index contributed by atoms with van der Waals surface area (Å²) >= 11 is 0. The number of esters is 1. The van der Waals surface area contributed by atoms with E-state index in [1.54, 1.807) is 13.8 Å². The van der Waals surface area contributed by atoms with E-state index in [0.717, 1.165) is 0 Å². The quantitative estimate of drug-likeness (QED) is 0.372. The van der Waals surface area contributed by atoms with Crippen LogP contribution in [0.1, 0.15) is 60.3 Å². The van der Waals surface area contributed by atoms with Crippen molar-refractivity contribution in [1.82, 2.24) is 0 Å². The Morgan fingerprint density at radius 1 is 1.10 bits per heavy atom. The van der Waals surface area contributed by atoms with E-state index in [1.165, 1.54) is 6.92 Å². The van der Waals surface area contributed by atoms with Crippen molar-refractivity contribution in [3.63, 3.8) is 0 Å². The Morgan fingerprint density at radius 3 is 2.38 bits per heavy atom. The fraction of sp³-hybridized carbons (Fsp3) is 0.955. The number of fused-ring (bicyclic) bond motifs is 4. The third-order valence-corrected chi connectivity index (χ3v) is 9.69. The van der Waals surface area contributed by atoms with E-state index in [1.807, 2.05) is 13.8 Å². The van der Waals surface area contributed by atoms with Gasteiger partial charge in [0, 0.05) is 29.6 Å². The zero-order valence-electron chi connectivity index (χ0n) is 17.9. The normalized spacial score (nSPS) is 61.9. The molecule has 0 aromatic rings. The first-order valence-electron chi connectivity index (χ1n) is 10.9. The molecule has 1 spiro atoms. The first-order chi connectivity index (χ1) is 13.2. The standard InChI is InChI=1S/C22H34O7/c1-10(23)28-13-8-21-9-19(4,25)11(16(21)24)6-7-12(21)20(5,26)15-14-17(29-14)18(2,3)22(13,15)27/h11-17,24-27H,6-9H2,1-5H3/t11-,12+,13-,14+,15?,16-,17+,19-,20-,21+,22-/m1/s1. The third-order valence-electron chi connectivity index (χ3n) is 9.69. The van der Waals surface area contributed by atoms with Gasteiger partial charge in [0.05, 0.1) is 29.5 Å². The van der Waals surface area contributed by atoms with Crippen molar-refractivity contribution in [2.75, 3.05) is 0 Å². The number of carbonyl (C=O) groups excluding carboxylic acids is 1. The minimum absolute atomic E-state index is 0.205. The number of aliphatic hydroxyl groups excluding tert-OH is 1. The molecule has 5 rings (SSSR count). The summed E-state index contributed by atoms with van der Waals surface area (Å²) in [4.78, 5) is 12.1. The van der Waals surface area contributed by atoms with E-state index in [2.05, 4.69) is 0 Å². The number of hydrogen-bond acceptors (Lipinski definition) is 7. The zero-order chi connectivity index (χ0) is 21.4. The molecule has 4 saturated carbocycles. The van der Waals surface area contributed by atoms with E-state index in [-0.39, 0.29) is 30.5 Å². The molecule has 1 aliphatic heterocycles. The van der Waals surface area contributed by atoms with Gasteiger partial charge in [-0.2, -0.15) is 0 Å². The van der Waals surface area contributed by atoms with Crippen LogP contribution in [0.15, 0.2) is 0 Å². The average Bonchev–Trinajstić information content (AvgIpc) is 3.29. The van der Waals surface area contributed by atoms with Gasteiger partial charge in [0.25, 0.3) is 0 Å². The number of rotatable bonds is 1. The maximum atomic E-state index is 12.2. The van der Waals surface area contributed by atoms with Crippen LogP contribution in [-0.4, -0.2) is 67.6 Å². The van der Waals surface area contributed by atoms with Gasteiger partial charge in [-0.3, -0.25) is 4.79 Å². The highest BCUT2D eigenvalue weighted by Gasteiger charge is 2.83. The summed E-state index contributed by atoms with van der Waals surface area (Å²) in [5.41, 5.74) is -5.48. The van der Waals surface area contributed by atoms with E-state index < -0.39 is 51.7 Å². The summed E-state index contributed by atoms with van der Waals surface area (Å²) in [6, 6.07) is 0. The van der Waals surface area contributed by atoms with Gasteiger partial charge in [0.15, 0.2) is 0 Å². The molecule has 164 valence electrons. The molecule has 4 aliphatic carbocycles. The fourth-order valence-corrected chi connectivity index (χ4v) is 8.56. The molecule has 0 aromatic carbocycles. The SMILES string of the molecule is CC(=O)O[C@@H]1C[C@]23C[C@@](C)(O)[C@H](CC[C@H]2[C@@](C)(O)C2[C@@H]4O[C@@H]4C(C)(C)[C@]21O)[C@H]3O. The van der Waals surface area contributed by atoms with E-state index in [4.69, 9.17) is 9.47 Å². The summed E-state index contributed by atoms with van der Waals surface area (Å²) < 4.78 is 11.6. The second-order valence-electron chi connectivity index (χ2n) is 11.5. The zero-order valence-corrected chi connectivity index (χ0v) is 17.9. The molecule has 7 heteroatoms. The molecular formula is C22H34O7. The first kappa shape index (κ1) is 20.2. The minimum atomic E-state index is -1.49. The predicted octanol–water partition coefficient (Wildman–Crippen LogP) is 0.755. The van der Waals surface area contributed by atoms with Crippen LogP contribution in [0, 0.1) is 28.6 Å². The highest BCUT2D eigenvalue weighted by molar-refractivity contribution is 5.66. The summed E-state index contributed by atoms with van der Waals surface area (Å²) in [7, 11) is 0. The Morgan fingerprint density at radius 2 is 1.76 bits per heavy atom. The molecule has 5 fully saturated rings. The van der Waals surface area contributed by atoms with Crippen molar-refractivity contribution in [1.29, 1.82) is 0 Å². The molecule has 29 heavy (non-hydrogen) atoms. The Balaban J connectivity index is 1.71. The second-order valence-corrected chi connectivity index (χ2v) is 11.5. The summed E-state index contributed by atoms with van der Waals surface area (Å²) in [5, 5.41) is 46.6. The predicted molar refractivity (Wildman–Crippen MR) is 102 cm³/mol. The summed E-state index contributed by atoms with van der Waals surface area (Å²) in [5.74, 6) is -1.78. The monoisotopic (exact) mass is 410 g/mol. The van der Waals surface area contributed by atoms with Crippen LogP contribution in [0.3, 0.4) is 0 Å². The van der Waals surface area contributed by atoms with Crippen LogP contribution in [-0.2, 0) is 14.3 Å². The minimum Gasteiger partial charge on any atom is -0.459 e. The topological polar surface area (TPSA) is 120 Å². The van der Waals surface area contributed by atoms with Gasteiger partial charge >= 0.3 is 5.97 Å². The lowest BCUT2D eigenvalue weighted by molar-refractivity contribution is -0.230. The molecule has 1 unspecified atom stereocenters. The van der Waals surface area contributed by atoms with Crippen molar-refractivity contribution >= 4 is 5.97 Å². The highest BCUT2D eigenvalue weighted by Crippen LogP contribution is 2.73. The Hall–Kier alpha value is -0.730. The van der Waals surface area contributed by atoms with Gasteiger partial charge in [-0.1, -0.05) is 13.8 Å². The molecule has 5 aliphatic rings. The number of carbonyl (C=O) groups is 1. The Bertz CT molecular complexity index is 760. The van der Waals surface area contributed by atoms with Crippen LogP contribution in [0.25, 0.3) is 0 Å². The molecule has 11 atom stereocenters. The number of aliphatic hydroxyl groups is 4. The van der Waals surface area contributed by atoms with Crippen molar-refractivity contribution < 1.29 is 34.7 Å². The van der Waals surface area contributed by atoms with E-state index >= 15 is 0 Å². The van der Waals surface area contributed by atoms with Crippen LogP contribution >= 0.6 is 0 Å². The molecule has 1 heterocycles.